The van der Waals surface area contributed by atoms with Crippen LogP contribution in [0.1, 0.15) is 12.8 Å². The topological polar surface area (TPSA) is 100 Å². The van der Waals surface area contributed by atoms with Crippen molar-refractivity contribution < 1.29 is 13.9 Å². The number of anilines is 2. The van der Waals surface area contributed by atoms with E-state index in [4.69, 9.17) is 20.2 Å². The van der Waals surface area contributed by atoms with E-state index in [1.165, 1.54) is 12.1 Å². The molecule has 0 saturated carbocycles. The minimum absolute atomic E-state index is 0.130. The van der Waals surface area contributed by atoms with Crippen molar-refractivity contribution in [2.75, 3.05) is 31.3 Å². The van der Waals surface area contributed by atoms with Gasteiger partial charge in [-0.1, -0.05) is 12.1 Å². The number of methoxy groups -OCH3 is 1. The van der Waals surface area contributed by atoms with Crippen molar-refractivity contribution in [3.05, 3.63) is 54.3 Å². The van der Waals surface area contributed by atoms with Crippen molar-refractivity contribution in [2.45, 2.75) is 18.9 Å². The first-order valence-electron chi connectivity index (χ1n) is 10.4. The summed E-state index contributed by atoms with van der Waals surface area (Å²) in [6, 6.07) is 13.5. The molecular weight excluding hydrogens is 411 g/mol. The summed E-state index contributed by atoms with van der Waals surface area (Å²) in [7, 11) is 1.61. The first-order chi connectivity index (χ1) is 15.6. The minimum Gasteiger partial charge on any atom is -0.496 e. The van der Waals surface area contributed by atoms with Gasteiger partial charge in [0.2, 0.25) is 5.95 Å². The van der Waals surface area contributed by atoms with Gasteiger partial charge in [-0.15, -0.1) is 5.10 Å². The van der Waals surface area contributed by atoms with Gasteiger partial charge < -0.3 is 20.5 Å². The lowest BCUT2D eigenvalue weighted by Gasteiger charge is -2.13. The van der Waals surface area contributed by atoms with Crippen molar-refractivity contribution in [3.8, 4) is 22.7 Å². The molecule has 1 saturated heterocycles. The molecule has 1 atom stereocenters. The van der Waals surface area contributed by atoms with Gasteiger partial charge in [0.05, 0.1) is 30.0 Å². The number of hydrogen-bond donors (Lipinski definition) is 2. The second-order valence-electron chi connectivity index (χ2n) is 7.58. The van der Waals surface area contributed by atoms with E-state index >= 15 is 0 Å². The lowest BCUT2D eigenvalue weighted by Crippen LogP contribution is -2.19. The van der Waals surface area contributed by atoms with Crippen LogP contribution in [0.25, 0.3) is 28.0 Å². The highest BCUT2D eigenvalue weighted by molar-refractivity contribution is 6.00. The summed E-state index contributed by atoms with van der Waals surface area (Å²) in [6.45, 7) is 1.38. The Morgan fingerprint density at radius 3 is 2.75 bits per heavy atom. The lowest BCUT2D eigenvalue weighted by atomic mass is 10.1. The Morgan fingerprint density at radius 1 is 1.19 bits per heavy atom. The number of nitrogens with two attached hydrogens (primary N) is 1. The van der Waals surface area contributed by atoms with Crippen molar-refractivity contribution in [3.63, 3.8) is 0 Å². The third-order valence-electron chi connectivity index (χ3n) is 5.51. The van der Waals surface area contributed by atoms with Crippen molar-refractivity contribution in [1.29, 1.82) is 0 Å². The van der Waals surface area contributed by atoms with Crippen LogP contribution in [0.3, 0.4) is 0 Å². The molecule has 2 aromatic heterocycles. The van der Waals surface area contributed by atoms with E-state index in [1.807, 2.05) is 24.3 Å². The molecule has 3 heterocycles. The molecule has 3 N–H and O–H groups in total. The number of ether oxygens (including phenoxy) is 2. The summed E-state index contributed by atoms with van der Waals surface area (Å²) in [6.07, 6.45) is 2.18. The van der Waals surface area contributed by atoms with Crippen molar-refractivity contribution >= 4 is 22.8 Å². The van der Waals surface area contributed by atoms with Crippen LogP contribution in [-0.4, -0.2) is 46.1 Å². The molecule has 0 aliphatic carbocycles. The summed E-state index contributed by atoms with van der Waals surface area (Å²) in [5, 5.41) is 8.47. The Hall–Kier alpha value is -3.72. The Balaban J connectivity index is 1.66. The molecule has 164 valence electrons. The molecule has 4 aromatic rings. The normalized spacial score (nSPS) is 15.9. The number of nitrogens with one attached hydrogen (secondary N) is 1. The highest BCUT2D eigenvalue weighted by atomic mass is 19.1. The molecule has 0 radical (unpaired) electrons. The predicted molar refractivity (Wildman–Crippen MR) is 120 cm³/mol. The molecule has 0 amide bonds. The van der Waals surface area contributed by atoms with Gasteiger partial charge in [-0.05, 0) is 49.2 Å². The molecule has 2 aromatic carbocycles. The minimum atomic E-state index is -0.334. The maximum Gasteiger partial charge on any atom is 0.225 e. The quantitative estimate of drug-likeness (QED) is 0.476. The SMILES string of the molecule is COc1ccccc1-c1nc(NCC2CCCO2)nc2nn(-c3ccc(F)cc3)c(N)c12. The predicted octanol–water partition coefficient (Wildman–Crippen LogP) is 3.80. The van der Waals surface area contributed by atoms with Gasteiger partial charge in [0, 0.05) is 18.7 Å². The van der Waals surface area contributed by atoms with E-state index in [1.54, 1.807) is 23.9 Å². The number of para-hydroxylation sites is 1. The van der Waals surface area contributed by atoms with Crippen LogP contribution < -0.4 is 15.8 Å². The van der Waals surface area contributed by atoms with Crippen LogP contribution in [0.5, 0.6) is 5.75 Å². The number of nitrogen functional groups attached to an aromatic ring is 1. The van der Waals surface area contributed by atoms with Gasteiger partial charge in [-0.2, -0.15) is 4.98 Å². The number of halogens is 1. The summed E-state index contributed by atoms with van der Waals surface area (Å²) in [5.74, 6) is 1.11. The second-order valence-corrected chi connectivity index (χ2v) is 7.58. The molecule has 0 bridgehead atoms. The maximum atomic E-state index is 13.4. The number of nitrogens with zero attached hydrogens (tertiary/aromatic N) is 4. The van der Waals surface area contributed by atoms with E-state index in [-0.39, 0.29) is 11.9 Å². The zero-order valence-corrected chi connectivity index (χ0v) is 17.6. The van der Waals surface area contributed by atoms with Crippen molar-refractivity contribution in [2.24, 2.45) is 0 Å². The fourth-order valence-corrected chi connectivity index (χ4v) is 3.92. The third kappa shape index (κ3) is 3.71. The van der Waals surface area contributed by atoms with Crippen LogP contribution in [-0.2, 0) is 4.74 Å². The van der Waals surface area contributed by atoms with E-state index in [0.29, 0.717) is 46.5 Å². The Bertz CT molecular complexity index is 1250. The van der Waals surface area contributed by atoms with Crippen LogP contribution in [0, 0.1) is 5.82 Å². The van der Waals surface area contributed by atoms with Gasteiger partial charge in [-0.25, -0.2) is 14.1 Å². The zero-order chi connectivity index (χ0) is 22.1. The summed E-state index contributed by atoms with van der Waals surface area (Å²) in [5.41, 5.74) is 8.94. The van der Waals surface area contributed by atoms with Crippen LogP contribution in [0.15, 0.2) is 48.5 Å². The monoisotopic (exact) mass is 434 g/mol. The smallest absolute Gasteiger partial charge is 0.225 e. The number of rotatable bonds is 6. The molecule has 1 aliphatic heterocycles. The van der Waals surface area contributed by atoms with Gasteiger partial charge in [0.15, 0.2) is 5.65 Å². The summed E-state index contributed by atoms with van der Waals surface area (Å²) < 4.78 is 26.2. The zero-order valence-electron chi connectivity index (χ0n) is 17.6. The molecule has 9 heteroatoms. The molecule has 8 nitrogen and oxygen atoms in total. The first-order valence-corrected chi connectivity index (χ1v) is 10.4. The summed E-state index contributed by atoms with van der Waals surface area (Å²) in [4.78, 5) is 9.37. The fraction of sp³-hybridized carbons (Fsp3) is 0.261. The number of aromatic nitrogens is 4. The Labute approximate surface area is 184 Å². The Kier molecular flexibility index (Phi) is 5.32. The van der Waals surface area contributed by atoms with Gasteiger partial charge in [0.1, 0.15) is 17.4 Å². The average molecular weight is 434 g/mol. The van der Waals surface area contributed by atoms with Crippen LogP contribution in [0.4, 0.5) is 16.2 Å². The van der Waals surface area contributed by atoms with E-state index in [2.05, 4.69) is 15.4 Å². The van der Waals surface area contributed by atoms with E-state index < -0.39 is 0 Å². The van der Waals surface area contributed by atoms with E-state index in [0.717, 1.165) is 25.0 Å². The molecule has 5 rings (SSSR count). The molecule has 32 heavy (non-hydrogen) atoms. The standard InChI is InChI=1S/C23H23FN6O2/c1-31-18-7-3-2-6-17(18)20-19-21(25)30(15-10-8-14(24)9-11-15)29-22(19)28-23(27-20)26-13-16-5-4-12-32-16/h2-3,6-11,16H,4-5,12-13,25H2,1H3,(H,26,28,29). The highest BCUT2D eigenvalue weighted by Crippen LogP contribution is 2.37. The third-order valence-corrected chi connectivity index (χ3v) is 5.51. The number of fused-ring (bicyclic) bond motifs is 1. The van der Waals surface area contributed by atoms with Crippen LogP contribution in [0.2, 0.25) is 0 Å². The largest absolute Gasteiger partial charge is 0.496 e. The molecule has 1 fully saturated rings. The number of hydrogen-bond acceptors (Lipinski definition) is 7. The maximum absolute atomic E-state index is 13.4. The second kappa shape index (κ2) is 8.43. The first kappa shape index (κ1) is 20.2. The fourth-order valence-electron chi connectivity index (χ4n) is 3.92. The van der Waals surface area contributed by atoms with Gasteiger partial charge >= 0.3 is 0 Å². The van der Waals surface area contributed by atoms with Crippen molar-refractivity contribution in [1.82, 2.24) is 19.7 Å². The van der Waals surface area contributed by atoms with Gasteiger partial charge in [0.25, 0.3) is 0 Å². The van der Waals surface area contributed by atoms with Crippen LogP contribution >= 0.6 is 0 Å². The highest BCUT2D eigenvalue weighted by Gasteiger charge is 2.22. The average Bonchev–Trinajstić information content (AvgIpc) is 3.46. The molecular formula is C23H23FN6O2. The molecule has 0 spiro atoms. The lowest BCUT2D eigenvalue weighted by molar-refractivity contribution is 0.120. The number of benzene rings is 2. The van der Waals surface area contributed by atoms with E-state index in [9.17, 15) is 4.39 Å². The molecule has 1 unspecified atom stereocenters. The molecule has 1 aliphatic rings. The summed E-state index contributed by atoms with van der Waals surface area (Å²) >= 11 is 0. The Morgan fingerprint density at radius 2 is 2.00 bits per heavy atom. The van der Waals surface area contributed by atoms with Gasteiger partial charge in [-0.3, -0.25) is 0 Å².